The highest BCUT2D eigenvalue weighted by Crippen LogP contribution is 2.30. The fourth-order valence-corrected chi connectivity index (χ4v) is 5.82. The Labute approximate surface area is 219 Å². The Bertz CT molecular complexity index is 1290. The zero-order valence-electron chi connectivity index (χ0n) is 21.8. The Morgan fingerprint density at radius 1 is 0.919 bits per heavy atom. The van der Waals surface area contributed by atoms with Gasteiger partial charge in [-0.1, -0.05) is 6.07 Å². The number of nitrogens with one attached hydrogen (secondary N) is 1. The third-order valence-corrected chi connectivity index (χ3v) is 8.15. The van der Waals surface area contributed by atoms with Crippen molar-refractivity contribution < 1.29 is 22.6 Å². The molecule has 1 aliphatic heterocycles. The molecule has 0 atom stereocenters. The van der Waals surface area contributed by atoms with E-state index in [9.17, 15) is 8.42 Å². The number of hydrogen-bond acceptors (Lipinski definition) is 8. The van der Waals surface area contributed by atoms with Crippen molar-refractivity contribution in [1.29, 1.82) is 0 Å². The Morgan fingerprint density at radius 2 is 1.62 bits per heavy atom. The number of aromatic nitrogens is 1. The van der Waals surface area contributed by atoms with E-state index in [-0.39, 0.29) is 4.90 Å². The molecule has 3 aromatic rings. The van der Waals surface area contributed by atoms with Crippen molar-refractivity contribution in [2.75, 3.05) is 66.6 Å². The molecule has 0 amide bonds. The molecule has 0 radical (unpaired) electrons. The summed E-state index contributed by atoms with van der Waals surface area (Å²) >= 11 is 0. The molecule has 4 rings (SSSR count). The molecule has 1 saturated heterocycles. The van der Waals surface area contributed by atoms with Crippen LogP contribution in [0.4, 0.5) is 0 Å². The molecule has 1 fully saturated rings. The number of hydrogen-bond donors (Lipinski definition) is 1. The predicted octanol–water partition coefficient (Wildman–Crippen LogP) is 2.79. The Balaban J connectivity index is 1.26. The van der Waals surface area contributed by atoms with Crippen molar-refractivity contribution in [3.05, 3.63) is 54.2 Å². The lowest BCUT2D eigenvalue weighted by Crippen LogP contribution is -2.48. The van der Waals surface area contributed by atoms with E-state index in [0.717, 1.165) is 50.6 Å². The lowest BCUT2D eigenvalue weighted by Gasteiger charge is -2.34. The van der Waals surface area contributed by atoms with Gasteiger partial charge in [0.25, 0.3) is 0 Å². The fourth-order valence-electron chi connectivity index (χ4n) is 4.60. The van der Waals surface area contributed by atoms with E-state index in [0.29, 0.717) is 36.3 Å². The Morgan fingerprint density at radius 3 is 2.32 bits per heavy atom. The topological polar surface area (TPSA) is 93.2 Å². The predicted molar refractivity (Wildman–Crippen MR) is 144 cm³/mol. The monoisotopic (exact) mass is 528 g/mol. The molecule has 2 aromatic carbocycles. The molecule has 0 bridgehead atoms. The summed E-state index contributed by atoms with van der Waals surface area (Å²) in [5.41, 5.74) is 1.77. The van der Waals surface area contributed by atoms with Gasteiger partial charge >= 0.3 is 0 Å². The van der Waals surface area contributed by atoms with E-state index in [1.165, 1.54) is 5.56 Å². The summed E-state index contributed by atoms with van der Waals surface area (Å²) < 4.78 is 45.3. The quantitative estimate of drug-likeness (QED) is 0.384. The van der Waals surface area contributed by atoms with Crippen molar-refractivity contribution in [3.8, 4) is 17.2 Å². The SMILES string of the molecule is CCOc1ccc(S(=O)(=O)NCCN2CCN(CCc3ccc(OC)c(OC)c3)CC2)c2cccnc12. The van der Waals surface area contributed by atoms with E-state index >= 15 is 0 Å². The smallest absolute Gasteiger partial charge is 0.241 e. The van der Waals surface area contributed by atoms with Crippen LogP contribution in [0.1, 0.15) is 12.5 Å². The number of pyridine rings is 1. The van der Waals surface area contributed by atoms with Gasteiger partial charge in [0.15, 0.2) is 11.5 Å². The average molecular weight is 529 g/mol. The first kappa shape index (κ1) is 27.1. The third-order valence-electron chi connectivity index (χ3n) is 6.63. The van der Waals surface area contributed by atoms with Crippen LogP contribution in [0.3, 0.4) is 0 Å². The molecule has 10 heteroatoms. The van der Waals surface area contributed by atoms with Gasteiger partial charge < -0.3 is 19.1 Å². The first-order chi connectivity index (χ1) is 17.9. The molecule has 0 saturated carbocycles. The normalized spacial score (nSPS) is 15.1. The standard InChI is InChI=1S/C27H36N4O5S/c1-4-36-24-9-10-26(22-6-5-12-28-27(22)24)37(32,33)29-13-15-31-18-16-30(17-19-31)14-11-21-7-8-23(34-2)25(20-21)35-3/h5-10,12,20,29H,4,11,13-19H2,1-3H3. The number of nitrogens with zero attached hydrogens (tertiary/aromatic N) is 3. The lowest BCUT2D eigenvalue weighted by molar-refractivity contribution is 0.135. The summed E-state index contributed by atoms with van der Waals surface area (Å²) in [6.07, 6.45) is 2.58. The minimum Gasteiger partial charge on any atom is -0.493 e. The molecule has 0 unspecified atom stereocenters. The Kier molecular flexibility index (Phi) is 9.20. The van der Waals surface area contributed by atoms with Crippen molar-refractivity contribution in [3.63, 3.8) is 0 Å². The maximum absolute atomic E-state index is 13.1. The zero-order chi connectivity index (χ0) is 26.3. The van der Waals surface area contributed by atoms with Crippen LogP contribution in [-0.4, -0.2) is 89.8 Å². The van der Waals surface area contributed by atoms with Gasteiger partial charge in [-0.3, -0.25) is 9.88 Å². The first-order valence-corrected chi connectivity index (χ1v) is 14.1. The van der Waals surface area contributed by atoms with Gasteiger partial charge in [-0.25, -0.2) is 13.1 Å². The van der Waals surface area contributed by atoms with E-state index in [1.807, 2.05) is 19.1 Å². The summed E-state index contributed by atoms with van der Waals surface area (Å²) in [6.45, 7) is 8.07. The van der Waals surface area contributed by atoms with Crippen molar-refractivity contribution in [2.24, 2.45) is 0 Å². The van der Waals surface area contributed by atoms with E-state index < -0.39 is 10.0 Å². The van der Waals surface area contributed by atoms with Crippen LogP contribution in [0.25, 0.3) is 10.9 Å². The van der Waals surface area contributed by atoms with Gasteiger partial charge in [0.05, 0.1) is 25.7 Å². The molecule has 1 aromatic heterocycles. The van der Waals surface area contributed by atoms with Crippen LogP contribution in [0.5, 0.6) is 17.2 Å². The van der Waals surface area contributed by atoms with E-state index in [2.05, 4.69) is 25.6 Å². The second-order valence-corrected chi connectivity index (χ2v) is 10.7. The van der Waals surface area contributed by atoms with Crippen molar-refractivity contribution in [2.45, 2.75) is 18.2 Å². The molecule has 1 aliphatic rings. The number of benzene rings is 2. The van der Waals surface area contributed by atoms with Crippen molar-refractivity contribution >= 4 is 20.9 Å². The van der Waals surface area contributed by atoms with Gasteiger partial charge in [-0.2, -0.15) is 0 Å². The highest BCUT2D eigenvalue weighted by Gasteiger charge is 2.21. The van der Waals surface area contributed by atoms with Gasteiger partial charge in [0.2, 0.25) is 10.0 Å². The molecule has 0 spiro atoms. The molecule has 1 N–H and O–H groups in total. The van der Waals surface area contributed by atoms with Crippen LogP contribution >= 0.6 is 0 Å². The molecule has 0 aliphatic carbocycles. The maximum Gasteiger partial charge on any atom is 0.241 e. The van der Waals surface area contributed by atoms with Crippen LogP contribution in [0.2, 0.25) is 0 Å². The van der Waals surface area contributed by atoms with Crippen LogP contribution < -0.4 is 18.9 Å². The molecule has 37 heavy (non-hydrogen) atoms. The summed E-state index contributed by atoms with van der Waals surface area (Å²) in [7, 11) is -0.390. The third kappa shape index (κ3) is 6.70. The fraction of sp³-hybridized carbons (Fsp3) is 0.444. The summed E-state index contributed by atoms with van der Waals surface area (Å²) in [5.74, 6) is 2.07. The van der Waals surface area contributed by atoms with Crippen LogP contribution in [0.15, 0.2) is 53.6 Å². The van der Waals surface area contributed by atoms with Gasteiger partial charge in [0, 0.05) is 57.4 Å². The Hall–Kier alpha value is -2.92. The van der Waals surface area contributed by atoms with Gasteiger partial charge in [0.1, 0.15) is 11.3 Å². The number of methoxy groups -OCH3 is 2. The minimum absolute atomic E-state index is 0.221. The van der Waals surface area contributed by atoms with E-state index in [1.54, 1.807) is 44.7 Å². The summed E-state index contributed by atoms with van der Waals surface area (Å²) in [5, 5.41) is 0.559. The summed E-state index contributed by atoms with van der Waals surface area (Å²) in [6, 6.07) is 12.8. The highest BCUT2D eigenvalue weighted by molar-refractivity contribution is 7.89. The molecule has 2 heterocycles. The second kappa shape index (κ2) is 12.6. The second-order valence-electron chi connectivity index (χ2n) is 8.91. The molecular weight excluding hydrogens is 492 g/mol. The van der Waals surface area contributed by atoms with Crippen molar-refractivity contribution in [1.82, 2.24) is 19.5 Å². The van der Waals surface area contributed by atoms with Gasteiger partial charge in [-0.15, -0.1) is 0 Å². The minimum atomic E-state index is -3.68. The first-order valence-electron chi connectivity index (χ1n) is 12.6. The maximum atomic E-state index is 13.1. The number of piperazine rings is 1. The molecular formula is C27H36N4O5S. The van der Waals surface area contributed by atoms with Gasteiger partial charge in [-0.05, 0) is 55.3 Å². The number of sulfonamides is 1. The molecule has 200 valence electrons. The zero-order valence-corrected chi connectivity index (χ0v) is 22.6. The van der Waals surface area contributed by atoms with E-state index in [4.69, 9.17) is 14.2 Å². The number of rotatable bonds is 12. The highest BCUT2D eigenvalue weighted by atomic mass is 32.2. The number of fused-ring (bicyclic) bond motifs is 1. The lowest BCUT2D eigenvalue weighted by atomic mass is 10.1. The number of ether oxygens (including phenoxy) is 3. The summed E-state index contributed by atoms with van der Waals surface area (Å²) in [4.78, 5) is 9.30. The molecule has 9 nitrogen and oxygen atoms in total. The largest absolute Gasteiger partial charge is 0.493 e. The average Bonchev–Trinajstić information content (AvgIpc) is 2.92. The van der Waals surface area contributed by atoms with Crippen LogP contribution in [-0.2, 0) is 16.4 Å². The van der Waals surface area contributed by atoms with Crippen LogP contribution in [0, 0.1) is 0 Å².